The Hall–Kier alpha value is -6.17. The number of rotatable bonds is 16. The van der Waals surface area contributed by atoms with Gasteiger partial charge in [-0.3, -0.25) is 52.7 Å². The van der Waals surface area contributed by atoms with E-state index in [0.717, 1.165) is 14.7 Å². The molecule has 486 valence electrons. The van der Waals surface area contributed by atoms with E-state index >= 15 is 9.59 Å². The summed E-state index contributed by atoms with van der Waals surface area (Å²) in [4.78, 5) is 168. The number of hydrogen-bond donors (Lipinski definition) is 6. The van der Waals surface area contributed by atoms with Crippen molar-refractivity contribution in [1.82, 2.24) is 55.6 Å². The predicted octanol–water partition coefficient (Wildman–Crippen LogP) is 1.96. The van der Waals surface area contributed by atoms with E-state index in [4.69, 9.17) is 5.73 Å². The number of nitrogens with one attached hydrogen (secondary N) is 4. The zero-order chi connectivity index (χ0) is 65.8. The zero-order valence-corrected chi connectivity index (χ0v) is 55.5. The van der Waals surface area contributed by atoms with Crippen LogP contribution in [0.25, 0.3) is 0 Å². The van der Waals surface area contributed by atoms with Crippen molar-refractivity contribution < 1.29 is 57.8 Å². The van der Waals surface area contributed by atoms with E-state index in [1.807, 2.05) is 41.5 Å². The highest BCUT2D eigenvalue weighted by molar-refractivity contribution is 5.99. The number of aliphatic hydroxyl groups excluding tert-OH is 1. The molecule has 12 atom stereocenters. The van der Waals surface area contributed by atoms with Crippen molar-refractivity contribution >= 4 is 65.0 Å². The molecule has 0 spiro atoms. The molecule has 1 fully saturated rings. The van der Waals surface area contributed by atoms with Gasteiger partial charge in [-0.15, -0.1) is 0 Å². The van der Waals surface area contributed by atoms with Crippen molar-refractivity contribution in [3.8, 4) is 0 Å². The average molecular weight is 1200 g/mol. The van der Waals surface area contributed by atoms with Crippen LogP contribution in [-0.4, -0.2) is 233 Å². The molecule has 7 N–H and O–H groups in total. The van der Waals surface area contributed by atoms with E-state index in [1.165, 1.54) is 82.8 Å². The molecular formula is C61H110N12O12. The summed E-state index contributed by atoms with van der Waals surface area (Å²) in [5.74, 6) is -9.60. The Kier molecular flexibility index (Phi) is 32.1. The Morgan fingerprint density at radius 2 is 0.988 bits per heavy atom. The van der Waals surface area contributed by atoms with Gasteiger partial charge in [-0.2, -0.15) is 0 Å². The van der Waals surface area contributed by atoms with Crippen molar-refractivity contribution in [3.63, 3.8) is 0 Å². The molecule has 1 rings (SSSR count). The van der Waals surface area contributed by atoms with Crippen molar-refractivity contribution in [2.75, 3.05) is 62.4 Å². The summed E-state index contributed by atoms with van der Waals surface area (Å²) >= 11 is 0. The van der Waals surface area contributed by atoms with Gasteiger partial charge in [-0.1, -0.05) is 95.2 Å². The van der Waals surface area contributed by atoms with Crippen LogP contribution < -0.4 is 27.0 Å². The van der Waals surface area contributed by atoms with Crippen molar-refractivity contribution in [2.24, 2.45) is 41.2 Å². The average Bonchev–Trinajstić information content (AvgIpc) is 3.00. The third-order valence-corrected chi connectivity index (χ3v) is 16.1. The van der Waals surface area contributed by atoms with Crippen LogP contribution in [0.1, 0.15) is 149 Å². The lowest BCUT2D eigenvalue weighted by Gasteiger charge is -2.41. The molecule has 0 aromatic heterocycles. The number of carbonyl (C=O) groups is 11. The first-order chi connectivity index (χ1) is 39.4. The highest BCUT2D eigenvalue weighted by Crippen LogP contribution is 2.25. The SMILES string of the molecule is C/C=C/C[C@@H](C)[C@@H](O)[C@H]1C(=O)N[C@@H](CC)C(=O)N(C)CC(=O)N(C)[C@@H](CCN)C(=O)N[C@H](C(C)C)C(=O)N(C)[C@H](CCC(C)C)C(=O)N[C@H](C)C(=O)N[C@@H](C)C(=O)N(C)[C@@H](CC(C)C)C(=O)N(C)[C@@H](CC(C)C)C(=O)N(C)[C@@H](C(C)C)C(=O)N1C. The molecular weight excluding hydrogens is 1090 g/mol. The van der Waals surface area contributed by atoms with E-state index in [-0.39, 0.29) is 56.4 Å². The number of nitrogens with zero attached hydrogens (tertiary/aromatic N) is 7. The van der Waals surface area contributed by atoms with Crippen molar-refractivity contribution in [1.29, 1.82) is 0 Å². The second-order valence-electron chi connectivity index (χ2n) is 25.4. The van der Waals surface area contributed by atoms with Crippen LogP contribution >= 0.6 is 0 Å². The molecule has 0 aromatic rings. The fourth-order valence-corrected chi connectivity index (χ4v) is 10.6. The van der Waals surface area contributed by atoms with Gasteiger partial charge in [0.2, 0.25) is 65.0 Å². The topological polar surface area (TPSA) is 305 Å². The van der Waals surface area contributed by atoms with Gasteiger partial charge in [-0.25, -0.2) is 0 Å². The monoisotopic (exact) mass is 1200 g/mol. The lowest BCUT2D eigenvalue weighted by molar-refractivity contribution is -0.157. The largest absolute Gasteiger partial charge is 0.390 e. The standard InChI is InChI=1S/C61H110N12O12/c1-23-25-26-39(13)51(75)50-55(79)65-42(24-2)57(81)67(16)33-47(74)68(17)44(29-30-62)54(78)66-48(37(9)10)60(84)69(18)43(28-27-34(3)4)53(77)63-40(14)52(76)64-41(15)56(80)70(19)45(31-35(5)6)58(82)71(20)46(32-36(7)8)59(83)72(21)49(38(11)12)61(85)73(50)22/h23,25,34-46,48-51,75H,24,26-33,62H2,1-22H3,(H,63,77)(H,64,76)(H,65,79)(H,66,78)/b25-23+/t39-,40-,41+,42+,43-,44+,45+,46+,48-,49+,50+,51-/m1/s1. The molecule has 1 heterocycles. The normalized spacial score (nSPS) is 26.8. The summed E-state index contributed by atoms with van der Waals surface area (Å²) in [6.07, 6.45) is 3.29. The minimum absolute atomic E-state index is 0.00911. The van der Waals surface area contributed by atoms with Crippen LogP contribution in [0.3, 0.4) is 0 Å². The van der Waals surface area contributed by atoms with E-state index in [9.17, 15) is 48.3 Å². The third kappa shape index (κ3) is 21.6. The molecule has 0 unspecified atom stereocenters. The number of aliphatic hydroxyl groups is 1. The van der Waals surface area contributed by atoms with Gasteiger partial charge >= 0.3 is 0 Å². The fourth-order valence-electron chi connectivity index (χ4n) is 10.6. The minimum atomic E-state index is -1.62. The Labute approximate surface area is 507 Å². The Bertz CT molecular complexity index is 2310. The number of nitrogens with two attached hydrogens (primary N) is 1. The lowest BCUT2D eigenvalue weighted by Crippen LogP contribution is -2.63. The maximum absolute atomic E-state index is 15.1. The highest BCUT2D eigenvalue weighted by Gasteiger charge is 2.45. The van der Waals surface area contributed by atoms with Crippen molar-refractivity contribution in [3.05, 3.63) is 12.2 Å². The van der Waals surface area contributed by atoms with Gasteiger partial charge in [0.05, 0.1) is 12.6 Å². The number of amides is 11. The quantitative estimate of drug-likeness (QED) is 0.121. The summed E-state index contributed by atoms with van der Waals surface area (Å²) in [5, 5.41) is 23.0. The Morgan fingerprint density at radius 1 is 0.518 bits per heavy atom. The molecule has 1 saturated heterocycles. The molecule has 24 nitrogen and oxygen atoms in total. The van der Waals surface area contributed by atoms with Gasteiger partial charge < -0.3 is 66.4 Å². The van der Waals surface area contributed by atoms with Gasteiger partial charge in [0, 0.05) is 49.3 Å². The lowest BCUT2D eigenvalue weighted by atomic mass is 9.91. The molecule has 0 saturated carbocycles. The summed E-state index contributed by atoms with van der Waals surface area (Å²) < 4.78 is 0. The molecule has 1 aliphatic heterocycles. The zero-order valence-electron chi connectivity index (χ0n) is 55.5. The summed E-state index contributed by atoms with van der Waals surface area (Å²) in [6.45, 7) is 25.6. The van der Waals surface area contributed by atoms with Gasteiger partial charge in [0.25, 0.3) is 0 Å². The second kappa shape index (κ2) is 35.5. The van der Waals surface area contributed by atoms with Crippen LogP contribution in [0.15, 0.2) is 12.2 Å². The maximum Gasteiger partial charge on any atom is 0.246 e. The van der Waals surface area contributed by atoms with E-state index in [0.29, 0.717) is 12.8 Å². The molecule has 85 heavy (non-hydrogen) atoms. The predicted molar refractivity (Wildman–Crippen MR) is 327 cm³/mol. The molecule has 0 bridgehead atoms. The highest BCUT2D eigenvalue weighted by atomic mass is 16.3. The first-order valence-electron chi connectivity index (χ1n) is 30.4. The van der Waals surface area contributed by atoms with Crippen molar-refractivity contribution in [2.45, 2.75) is 215 Å². The fraction of sp³-hybridized carbons (Fsp3) is 0.787. The van der Waals surface area contributed by atoms with E-state index in [1.54, 1.807) is 60.6 Å². The van der Waals surface area contributed by atoms with Crippen LogP contribution in [0.5, 0.6) is 0 Å². The molecule has 0 aromatic carbocycles. The first kappa shape index (κ1) is 76.8. The van der Waals surface area contributed by atoms with Crippen LogP contribution in [0, 0.1) is 35.5 Å². The maximum atomic E-state index is 15.1. The summed E-state index contributed by atoms with van der Waals surface area (Å²) in [5.41, 5.74) is 5.99. The number of likely N-dealkylation sites (N-methyl/N-ethyl adjacent to an activating group) is 7. The Morgan fingerprint density at radius 3 is 1.46 bits per heavy atom. The molecule has 1 aliphatic rings. The van der Waals surface area contributed by atoms with Crippen LogP contribution in [-0.2, 0) is 52.7 Å². The number of allylic oxidation sites excluding steroid dienone is 2. The second-order valence-corrected chi connectivity index (χ2v) is 25.4. The summed E-state index contributed by atoms with van der Waals surface area (Å²) in [6, 6.07) is -12.5. The smallest absolute Gasteiger partial charge is 0.246 e. The molecule has 0 aliphatic carbocycles. The van der Waals surface area contributed by atoms with Gasteiger partial charge in [0.1, 0.15) is 60.4 Å². The van der Waals surface area contributed by atoms with E-state index in [2.05, 4.69) is 21.3 Å². The van der Waals surface area contributed by atoms with Gasteiger partial charge in [0.15, 0.2) is 0 Å². The van der Waals surface area contributed by atoms with Crippen LogP contribution in [0.4, 0.5) is 0 Å². The Balaban J connectivity index is 4.30. The molecule has 0 radical (unpaired) electrons. The van der Waals surface area contributed by atoms with Crippen LogP contribution in [0.2, 0.25) is 0 Å². The first-order valence-corrected chi connectivity index (χ1v) is 30.4. The third-order valence-electron chi connectivity index (χ3n) is 16.1. The van der Waals surface area contributed by atoms with Gasteiger partial charge in [-0.05, 0) is 108 Å². The van der Waals surface area contributed by atoms with E-state index < -0.39 is 156 Å². The molecule has 24 heteroatoms. The number of carbonyl (C=O) groups excluding carboxylic acids is 11. The summed E-state index contributed by atoms with van der Waals surface area (Å²) in [7, 11) is 9.80. The number of hydrogen-bond acceptors (Lipinski definition) is 13. The molecule has 11 amide bonds. The minimum Gasteiger partial charge on any atom is -0.390 e.